The number of esters is 1. The SMILES string of the molecule is COC(=O)c1ccc(COc2ccc(/C=C(\C#N)C(=O)Nc3cccc(OC)c3)cc2OC)o1. The Morgan fingerprint density at radius 1 is 1.03 bits per heavy atom. The van der Waals surface area contributed by atoms with Crippen LogP contribution in [-0.4, -0.2) is 33.2 Å². The van der Waals surface area contributed by atoms with Crippen molar-refractivity contribution in [2.75, 3.05) is 26.6 Å². The highest BCUT2D eigenvalue weighted by Crippen LogP contribution is 2.30. The summed E-state index contributed by atoms with van der Waals surface area (Å²) in [5.41, 5.74) is 0.970. The van der Waals surface area contributed by atoms with E-state index >= 15 is 0 Å². The molecular formula is C25H22N2O7. The summed E-state index contributed by atoms with van der Waals surface area (Å²) in [7, 11) is 4.26. The van der Waals surface area contributed by atoms with Crippen LogP contribution in [0.2, 0.25) is 0 Å². The van der Waals surface area contributed by atoms with E-state index in [2.05, 4.69) is 10.1 Å². The predicted molar refractivity (Wildman–Crippen MR) is 123 cm³/mol. The molecule has 1 heterocycles. The molecule has 0 saturated carbocycles. The Balaban J connectivity index is 1.72. The fraction of sp³-hybridized carbons (Fsp3) is 0.160. The van der Waals surface area contributed by atoms with Crippen molar-refractivity contribution in [3.8, 4) is 23.3 Å². The van der Waals surface area contributed by atoms with Crippen LogP contribution in [0, 0.1) is 11.3 Å². The summed E-state index contributed by atoms with van der Waals surface area (Å²) >= 11 is 0. The number of nitrogens with zero attached hydrogens (tertiary/aromatic N) is 1. The number of ether oxygens (including phenoxy) is 4. The molecule has 9 nitrogen and oxygen atoms in total. The van der Waals surface area contributed by atoms with Crippen LogP contribution in [0.1, 0.15) is 21.9 Å². The normalized spacial score (nSPS) is 10.7. The Kier molecular flexibility index (Phi) is 7.92. The molecule has 0 spiro atoms. The highest BCUT2D eigenvalue weighted by molar-refractivity contribution is 6.09. The van der Waals surface area contributed by atoms with E-state index in [9.17, 15) is 14.9 Å². The first kappa shape index (κ1) is 23.9. The van der Waals surface area contributed by atoms with E-state index in [-0.39, 0.29) is 17.9 Å². The molecule has 0 aliphatic carbocycles. The fourth-order valence-corrected chi connectivity index (χ4v) is 2.92. The summed E-state index contributed by atoms with van der Waals surface area (Å²) in [5.74, 6) is 0.737. The van der Waals surface area contributed by atoms with Crippen LogP contribution in [0.4, 0.5) is 5.69 Å². The van der Waals surface area contributed by atoms with Crippen molar-refractivity contribution in [3.63, 3.8) is 0 Å². The van der Waals surface area contributed by atoms with Gasteiger partial charge in [0.05, 0.1) is 21.3 Å². The van der Waals surface area contributed by atoms with Gasteiger partial charge in [-0.1, -0.05) is 12.1 Å². The number of carbonyl (C=O) groups excluding carboxylic acids is 2. The molecule has 0 unspecified atom stereocenters. The molecule has 0 aliphatic heterocycles. The first-order chi connectivity index (χ1) is 16.5. The smallest absolute Gasteiger partial charge is 0.373 e. The van der Waals surface area contributed by atoms with Crippen molar-refractivity contribution >= 4 is 23.6 Å². The molecule has 0 saturated heterocycles. The summed E-state index contributed by atoms with van der Waals surface area (Å²) in [6.07, 6.45) is 1.44. The summed E-state index contributed by atoms with van der Waals surface area (Å²) < 4.78 is 26.2. The van der Waals surface area contributed by atoms with Crippen molar-refractivity contribution in [1.29, 1.82) is 5.26 Å². The van der Waals surface area contributed by atoms with Crippen LogP contribution < -0.4 is 19.5 Å². The van der Waals surface area contributed by atoms with E-state index in [1.807, 2.05) is 6.07 Å². The van der Waals surface area contributed by atoms with Gasteiger partial charge in [0, 0.05) is 11.8 Å². The van der Waals surface area contributed by atoms with Gasteiger partial charge in [-0.15, -0.1) is 0 Å². The second kappa shape index (κ2) is 11.2. The second-order valence-corrected chi connectivity index (χ2v) is 6.81. The van der Waals surface area contributed by atoms with E-state index in [0.717, 1.165) is 0 Å². The van der Waals surface area contributed by atoms with Gasteiger partial charge in [-0.2, -0.15) is 5.26 Å². The highest BCUT2D eigenvalue weighted by Gasteiger charge is 2.14. The maximum absolute atomic E-state index is 12.6. The number of benzene rings is 2. The number of hydrogen-bond acceptors (Lipinski definition) is 8. The van der Waals surface area contributed by atoms with Crippen LogP contribution in [0.15, 0.2) is 64.6 Å². The third-order valence-corrected chi connectivity index (χ3v) is 4.61. The third-order valence-electron chi connectivity index (χ3n) is 4.61. The number of rotatable bonds is 9. The Bertz CT molecular complexity index is 1250. The van der Waals surface area contributed by atoms with E-state index in [1.165, 1.54) is 33.5 Å². The quantitative estimate of drug-likeness (QED) is 0.285. The standard InChI is InChI=1S/C25H22N2O7/c1-30-19-6-4-5-18(13-19)27-24(28)17(14-26)11-16-7-9-21(23(12-16)31-2)33-15-20-8-10-22(34-20)25(29)32-3/h4-13H,15H2,1-3H3,(H,27,28)/b17-11+. The molecule has 0 atom stereocenters. The number of nitriles is 1. The van der Waals surface area contributed by atoms with Crippen LogP contribution in [-0.2, 0) is 16.1 Å². The minimum absolute atomic E-state index is 0.0505. The molecule has 174 valence electrons. The molecule has 34 heavy (non-hydrogen) atoms. The minimum Gasteiger partial charge on any atom is -0.497 e. The van der Waals surface area contributed by atoms with Crippen molar-refractivity contribution in [2.45, 2.75) is 6.61 Å². The zero-order valence-corrected chi connectivity index (χ0v) is 18.8. The lowest BCUT2D eigenvalue weighted by Gasteiger charge is -2.11. The molecule has 0 fully saturated rings. The summed E-state index contributed by atoms with van der Waals surface area (Å²) in [5, 5.41) is 12.2. The molecule has 1 aromatic heterocycles. The van der Waals surface area contributed by atoms with Gasteiger partial charge in [0.25, 0.3) is 5.91 Å². The average molecular weight is 462 g/mol. The first-order valence-corrected chi connectivity index (χ1v) is 10.0. The number of methoxy groups -OCH3 is 3. The molecular weight excluding hydrogens is 440 g/mol. The molecule has 3 aromatic rings. The van der Waals surface area contributed by atoms with Crippen LogP contribution >= 0.6 is 0 Å². The van der Waals surface area contributed by atoms with Gasteiger partial charge < -0.3 is 28.7 Å². The Labute approximate surface area is 196 Å². The Morgan fingerprint density at radius 2 is 1.85 bits per heavy atom. The third kappa shape index (κ3) is 5.95. The van der Waals surface area contributed by atoms with E-state index < -0.39 is 11.9 Å². The first-order valence-electron chi connectivity index (χ1n) is 10.0. The van der Waals surface area contributed by atoms with E-state index in [0.29, 0.717) is 34.3 Å². The van der Waals surface area contributed by atoms with Gasteiger partial charge in [-0.05, 0) is 48.0 Å². The van der Waals surface area contributed by atoms with Crippen LogP contribution in [0.5, 0.6) is 17.2 Å². The Morgan fingerprint density at radius 3 is 2.56 bits per heavy atom. The van der Waals surface area contributed by atoms with E-state index in [1.54, 1.807) is 48.5 Å². The lowest BCUT2D eigenvalue weighted by Crippen LogP contribution is -2.13. The van der Waals surface area contributed by atoms with Gasteiger partial charge in [0.2, 0.25) is 5.76 Å². The zero-order chi connectivity index (χ0) is 24.5. The molecule has 9 heteroatoms. The number of nitrogens with one attached hydrogen (secondary N) is 1. The average Bonchev–Trinajstić information content (AvgIpc) is 3.34. The maximum Gasteiger partial charge on any atom is 0.373 e. The highest BCUT2D eigenvalue weighted by atomic mass is 16.5. The molecule has 0 bridgehead atoms. The largest absolute Gasteiger partial charge is 0.497 e. The predicted octanol–water partition coefficient (Wildman–Crippen LogP) is 4.21. The zero-order valence-electron chi connectivity index (χ0n) is 18.8. The molecule has 0 aliphatic rings. The van der Waals surface area contributed by atoms with Gasteiger partial charge in [-0.3, -0.25) is 4.79 Å². The molecule has 1 amide bonds. The van der Waals surface area contributed by atoms with Crippen LogP contribution in [0.3, 0.4) is 0 Å². The van der Waals surface area contributed by atoms with Gasteiger partial charge >= 0.3 is 5.97 Å². The minimum atomic E-state index is -0.580. The van der Waals surface area contributed by atoms with E-state index in [4.69, 9.17) is 18.6 Å². The maximum atomic E-state index is 12.6. The number of furan rings is 1. The van der Waals surface area contributed by atoms with Crippen molar-refractivity contribution in [1.82, 2.24) is 0 Å². The lowest BCUT2D eigenvalue weighted by atomic mass is 10.1. The molecule has 1 N–H and O–H groups in total. The number of hydrogen-bond donors (Lipinski definition) is 1. The molecule has 0 radical (unpaired) electrons. The molecule has 2 aromatic carbocycles. The summed E-state index contributed by atoms with van der Waals surface area (Å²) in [6.45, 7) is 0.0505. The second-order valence-electron chi connectivity index (χ2n) is 6.81. The van der Waals surface area contributed by atoms with Gasteiger partial charge in [0.15, 0.2) is 11.5 Å². The number of carbonyl (C=O) groups is 2. The van der Waals surface area contributed by atoms with Gasteiger partial charge in [0.1, 0.15) is 29.8 Å². The monoisotopic (exact) mass is 462 g/mol. The summed E-state index contributed by atoms with van der Waals surface area (Å²) in [6, 6.07) is 16.8. The fourth-order valence-electron chi connectivity index (χ4n) is 2.92. The summed E-state index contributed by atoms with van der Waals surface area (Å²) in [4.78, 5) is 24.0. The van der Waals surface area contributed by atoms with Crippen LogP contribution in [0.25, 0.3) is 6.08 Å². The lowest BCUT2D eigenvalue weighted by molar-refractivity contribution is -0.112. The number of anilines is 1. The topological polar surface area (TPSA) is 120 Å². The van der Waals surface area contributed by atoms with Crippen molar-refractivity contribution in [2.24, 2.45) is 0 Å². The van der Waals surface area contributed by atoms with Crippen molar-refractivity contribution < 1.29 is 33.0 Å². The number of amides is 1. The Hall–Kier alpha value is -4.71. The van der Waals surface area contributed by atoms with Gasteiger partial charge in [-0.25, -0.2) is 4.79 Å². The van der Waals surface area contributed by atoms with Crippen molar-refractivity contribution in [3.05, 3.63) is 77.3 Å². The molecule has 3 rings (SSSR count).